The van der Waals surface area contributed by atoms with Crippen LogP contribution in [0.5, 0.6) is 0 Å². The van der Waals surface area contributed by atoms with Crippen molar-refractivity contribution in [2.75, 3.05) is 29.9 Å². The van der Waals surface area contributed by atoms with Gasteiger partial charge in [0.05, 0.1) is 28.0 Å². The van der Waals surface area contributed by atoms with Crippen molar-refractivity contribution in [1.29, 1.82) is 0 Å². The molecule has 1 saturated heterocycles. The number of fused-ring (bicyclic) bond motifs is 1. The number of hydrogen-bond donors (Lipinski definition) is 1. The molecule has 154 valence electrons. The first-order valence-electron chi connectivity index (χ1n) is 10.1. The first-order chi connectivity index (χ1) is 14.5. The molecule has 0 aliphatic carbocycles. The monoisotopic (exact) mass is 404 g/mol. The molecule has 0 saturated carbocycles. The highest BCUT2D eigenvalue weighted by atomic mass is 16.5. The molecule has 0 unspecified atom stereocenters. The Balaban J connectivity index is 1.33. The lowest BCUT2D eigenvalue weighted by Crippen LogP contribution is -2.21. The molecule has 30 heavy (non-hydrogen) atoms. The highest BCUT2D eigenvalue weighted by molar-refractivity contribution is 5.97. The van der Waals surface area contributed by atoms with Crippen LogP contribution in [-0.2, 0) is 9.53 Å². The Bertz CT molecular complexity index is 1090. The van der Waals surface area contributed by atoms with E-state index >= 15 is 0 Å². The van der Waals surface area contributed by atoms with Crippen molar-refractivity contribution in [2.24, 2.45) is 0 Å². The summed E-state index contributed by atoms with van der Waals surface area (Å²) in [6.07, 6.45) is 2.43. The number of rotatable bonds is 5. The average molecular weight is 404 g/mol. The number of nitrogens with zero attached hydrogens (tertiary/aromatic N) is 3. The Labute approximate surface area is 175 Å². The second-order valence-corrected chi connectivity index (χ2v) is 7.46. The van der Waals surface area contributed by atoms with Crippen LogP contribution < -0.4 is 10.2 Å². The maximum Gasteiger partial charge on any atom is 0.338 e. The lowest BCUT2D eigenvalue weighted by Gasteiger charge is -2.17. The summed E-state index contributed by atoms with van der Waals surface area (Å²) in [5, 5.41) is 2.75. The third-order valence-electron chi connectivity index (χ3n) is 5.27. The van der Waals surface area contributed by atoms with Gasteiger partial charge in [-0.25, -0.2) is 14.8 Å². The Morgan fingerprint density at radius 2 is 1.63 bits per heavy atom. The highest BCUT2D eigenvalue weighted by Crippen LogP contribution is 2.22. The first kappa shape index (κ1) is 19.8. The summed E-state index contributed by atoms with van der Waals surface area (Å²) < 4.78 is 5.16. The van der Waals surface area contributed by atoms with Crippen LogP contribution in [0.1, 0.15) is 34.6 Å². The van der Waals surface area contributed by atoms with Gasteiger partial charge in [0.25, 0.3) is 5.91 Å². The molecule has 1 fully saturated rings. The normalized spacial score (nSPS) is 13.5. The van der Waals surface area contributed by atoms with Crippen LogP contribution in [0, 0.1) is 13.8 Å². The summed E-state index contributed by atoms with van der Waals surface area (Å²) in [7, 11) is 0. The van der Waals surface area contributed by atoms with Gasteiger partial charge in [-0.3, -0.25) is 4.79 Å². The lowest BCUT2D eigenvalue weighted by molar-refractivity contribution is -0.119. The van der Waals surface area contributed by atoms with Crippen molar-refractivity contribution in [3.8, 4) is 0 Å². The molecule has 1 aliphatic heterocycles. The molecule has 4 rings (SSSR count). The number of aromatic nitrogens is 2. The molecule has 2 heterocycles. The predicted octanol–water partition coefficient (Wildman–Crippen LogP) is 3.64. The number of amides is 1. The zero-order valence-corrected chi connectivity index (χ0v) is 17.1. The zero-order chi connectivity index (χ0) is 21.1. The van der Waals surface area contributed by atoms with Crippen molar-refractivity contribution in [1.82, 2.24) is 9.97 Å². The van der Waals surface area contributed by atoms with E-state index in [1.54, 1.807) is 18.2 Å². The molecule has 1 aromatic heterocycles. The number of hydrogen-bond acceptors (Lipinski definition) is 6. The van der Waals surface area contributed by atoms with Gasteiger partial charge in [-0.2, -0.15) is 0 Å². The van der Waals surface area contributed by atoms with Crippen LogP contribution in [0.2, 0.25) is 0 Å². The Hall–Kier alpha value is -3.48. The lowest BCUT2D eigenvalue weighted by atomic mass is 10.2. The number of anilines is 2. The van der Waals surface area contributed by atoms with E-state index in [1.807, 2.05) is 38.1 Å². The molecule has 3 aromatic rings. The number of ether oxygens (including phenoxy) is 1. The summed E-state index contributed by atoms with van der Waals surface area (Å²) in [6.45, 7) is 5.54. The van der Waals surface area contributed by atoms with Crippen LogP contribution >= 0.6 is 0 Å². The van der Waals surface area contributed by atoms with E-state index in [1.165, 1.54) is 12.8 Å². The minimum absolute atomic E-state index is 0.336. The second kappa shape index (κ2) is 8.49. The predicted molar refractivity (Wildman–Crippen MR) is 116 cm³/mol. The van der Waals surface area contributed by atoms with Crippen LogP contribution in [-0.4, -0.2) is 41.5 Å². The van der Waals surface area contributed by atoms with Crippen molar-refractivity contribution in [2.45, 2.75) is 26.7 Å². The number of esters is 1. The third-order valence-corrected chi connectivity index (χ3v) is 5.27. The van der Waals surface area contributed by atoms with E-state index in [9.17, 15) is 9.59 Å². The molecule has 1 aliphatic rings. The maximum atomic E-state index is 12.3. The van der Waals surface area contributed by atoms with Gasteiger partial charge in [0.15, 0.2) is 6.61 Å². The first-order valence-corrected chi connectivity index (χ1v) is 10.1. The summed E-state index contributed by atoms with van der Waals surface area (Å²) in [5.41, 5.74) is 5.15. The topological polar surface area (TPSA) is 84.4 Å². The van der Waals surface area contributed by atoms with Gasteiger partial charge in [0.1, 0.15) is 0 Å². The van der Waals surface area contributed by atoms with Crippen LogP contribution in [0.15, 0.2) is 42.5 Å². The fourth-order valence-corrected chi connectivity index (χ4v) is 3.50. The Kier molecular flexibility index (Phi) is 5.61. The van der Waals surface area contributed by atoms with E-state index in [4.69, 9.17) is 4.74 Å². The minimum atomic E-state index is -0.573. The molecule has 1 N–H and O–H groups in total. The molecule has 2 aromatic carbocycles. The zero-order valence-electron chi connectivity index (χ0n) is 17.1. The summed E-state index contributed by atoms with van der Waals surface area (Å²) in [5.74, 6) is -0.958. The van der Waals surface area contributed by atoms with Gasteiger partial charge in [-0.05, 0) is 69.2 Å². The average Bonchev–Trinajstić information content (AvgIpc) is 3.28. The quantitative estimate of drug-likeness (QED) is 0.654. The SMILES string of the molecule is Cc1nc2ccc(C(=O)OCC(=O)Nc3ccc(N4CCCC4)cc3)cc2nc1C. The highest BCUT2D eigenvalue weighted by Gasteiger charge is 2.14. The van der Waals surface area contributed by atoms with Crippen LogP contribution in [0.25, 0.3) is 11.0 Å². The Morgan fingerprint density at radius 3 is 2.33 bits per heavy atom. The second-order valence-electron chi connectivity index (χ2n) is 7.46. The minimum Gasteiger partial charge on any atom is -0.452 e. The van der Waals surface area contributed by atoms with E-state index in [0.717, 1.165) is 30.2 Å². The van der Waals surface area contributed by atoms with Crippen molar-refractivity contribution in [3.63, 3.8) is 0 Å². The van der Waals surface area contributed by atoms with Gasteiger partial charge in [0.2, 0.25) is 0 Å². The van der Waals surface area contributed by atoms with Crippen molar-refractivity contribution in [3.05, 3.63) is 59.4 Å². The van der Waals surface area contributed by atoms with E-state index in [0.29, 0.717) is 22.3 Å². The molecular formula is C23H24N4O3. The smallest absolute Gasteiger partial charge is 0.338 e. The number of nitrogens with one attached hydrogen (secondary N) is 1. The van der Waals surface area contributed by atoms with Gasteiger partial charge in [-0.1, -0.05) is 0 Å². The van der Waals surface area contributed by atoms with Gasteiger partial charge < -0.3 is 15.0 Å². The summed E-state index contributed by atoms with van der Waals surface area (Å²) in [4.78, 5) is 35.7. The number of carbonyl (C=O) groups excluding carboxylic acids is 2. The summed E-state index contributed by atoms with van der Waals surface area (Å²) >= 11 is 0. The fourth-order valence-electron chi connectivity index (χ4n) is 3.50. The fraction of sp³-hybridized carbons (Fsp3) is 0.304. The summed E-state index contributed by atoms with van der Waals surface area (Å²) in [6, 6.07) is 12.7. The molecule has 1 amide bonds. The van der Waals surface area contributed by atoms with E-state index in [2.05, 4.69) is 20.2 Å². The van der Waals surface area contributed by atoms with E-state index < -0.39 is 5.97 Å². The molecule has 0 atom stereocenters. The molecule has 7 nitrogen and oxygen atoms in total. The maximum absolute atomic E-state index is 12.3. The van der Waals surface area contributed by atoms with Gasteiger partial charge in [-0.15, -0.1) is 0 Å². The standard InChI is InChI=1S/C23H24N4O3/c1-15-16(2)25-21-13-17(5-10-20(21)24-15)23(29)30-14-22(28)26-18-6-8-19(9-7-18)27-11-3-4-12-27/h5-10,13H,3-4,11-12,14H2,1-2H3,(H,26,28). The third kappa shape index (κ3) is 4.40. The number of aryl methyl sites for hydroxylation is 2. The molecular weight excluding hydrogens is 380 g/mol. The number of carbonyl (C=O) groups is 2. The van der Waals surface area contributed by atoms with Crippen LogP contribution in [0.4, 0.5) is 11.4 Å². The Morgan fingerprint density at radius 1 is 0.967 bits per heavy atom. The number of benzene rings is 2. The molecule has 0 bridgehead atoms. The van der Waals surface area contributed by atoms with Gasteiger partial charge >= 0.3 is 5.97 Å². The molecule has 7 heteroatoms. The molecule has 0 spiro atoms. The van der Waals surface area contributed by atoms with E-state index in [-0.39, 0.29) is 12.5 Å². The largest absolute Gasteiger partial charge is 0.452 e. The van der Waals surface area contributed by atoms with Crippen LogP contribution in [0.3, 0.4) is 0 Å². The van der Waals surface area contributed by atoms with Crippen molar-refractivity contribution >= 4 is 34.3 Å². The van der Waals surface area contributed by atoms with Crippen molar-refractivity contribution < 1.29 is 14.3 Å². The molecule has 0 radical (unpaired) electrons. The van der Waals surface area contributed by atoms with Gasteiger partial charge in [0, 0.05) is 24.5 Å².